The van der Waals surface area contributed by atoms with E-state index in [1.165, 1.54) is 16.3 Å². The summed E-state index contributed by atoms with van der Waals surface area (Å²) in [5, 5.41) is 2.48. The summed E-state index contributed by atoms with van der Waals surface area (Å²) < 4.78 is 0. The molecule has 0 radical (unpaired) electrons. The van der Waals surface area contributed by atoms with Crippen LogP contribution in [0, 0.1) is 0 Å². The number of aromatic nitrogens is 4. The molecule has 5 aromatic carbocycles. The van der Waals surface area contributed by atoms with Crippen molar-refractivity contribution < 1.29 is 0 Å². The summed E-state index contributed by atoms with van der Waals surface area (Å²) in [5.74, 6) is 1.90. The molecule has 7 rings (SSSR count). The summed E-state index contributed by atoms with van der Waals surface area (Å²) in [5.41, 5.74) is 8.41. The highest BCUT2D eigenvalue weighted by Gasteiger charge is 2.17. The first-order valence-corrected chi connectivity index (χ1v) is 18.4. The standard InChI is InChI=1S/C39H32N4Si/c1-44(2,3)33-22-20-27(21-23-33)29-13-7-14-30(25-29)31-15-8-16-32(26-31)38-41-37(28-11-5-4-6-12-28)42-39(43-38)35-17-9-19-36-34(35)18-10-24-40-36/h4-26H,1-3H3. The van der Waals surface area contributed by atoms with Crippen LogP contribution >= 0.6 is 0 Å². The molecule has 0 N–H and O–H groups in total. The second kappa shape index (κ2) is 11.4. The molecule has 0 aliphatic rings. The van der Waals surface area contributed by atoms with Crippen LogP contribution < -0.4 is 5.19 Å². The Kier molecular flexibility index (Phi) is 7.16. The van der Waals surface area contributed by atoms with Gasteiger partial charge in [-0.15, -0.1) is 0 Å². The van der Waals surface area contributed by atoms with Crippen molar-refractivity contribution in [1.29, 1.82) is 0 Å². The van der Waals surface area contributed by atoms with Crippen LogP contribution in [-0.2, 0) is 0 Å². The zero-order valence-electron chi connectivity index (χ0n) is 25.1. The van der Waals surface area contributed by atoms with E-state index in [0.717, 1.165) is 38.7 Å². The highest BCUT2D eigenvalue weighted by atomic mass is 28.3. The van der Waals surface area contributed by atoms with Gasteiger partial charge >= 0.3 is 0 Å². The van der Waals surface area contributed by atoms with E-state index in [9.17, 15) is 0 Å². The summed E-state index contributed by atoms with van der Waals surface area (Å²) in [7, 11) is -1.34. The van der Waals surface area contributed by atoms with Crippen molar-refractivity contribution in [2.75, 3.05) is 0 Å². The van der Waals surface area contributed by atoms with E-state index in [2.05, 4.69) is 110 Å². The number of nitrogens with zero attached hydrogens (tertiary/aromatic N) is 4. The highest BCUT2D eigenvalue weighted by molar-refractivity contribution is 6.88. The molecule has 212 valence electrons. The summed E-state index contributed by atoms with van der Waals surface area (Å²) in [6, 6.07) is 46.5. The minimum Gasteiger partial charge on any atom is -0.256 e. The second-order valence-electron chi connectivity index (χ2n) is 12.0. The fraction of sp³-hybridized carbons (Fsp3) is 0.0769. The Labute approximate surface area is 259 Å². The number of hydrogen-bond acceptors (Lipinski definition) is 4. The van der Waals surface area contributed by atoms with Gasteiger partial charge in [-0.3, -0.25) is 4.98 Å². The van der Waals surface area contributed by atoms with E-state index in [1.807, 2.05) is 54.7 Å². The lowest BCUT2D eigenvalue weighted by Crippen LogP contribution is -2.37. The number of pyridine rings is 1. The van der Waals surface area contributed by atoms with Crippen LogP contribution in [0.2, 0.25) is 19.6 Å². The van der Waals surface area contributed by atoms with Crippen LogP contribution in [0.5, 0.6) is 0 Å². The van der Waals surface area contributed by atoms with Gasteiger partial charge in [0.2, 0.25) is 0 Å². The van der Waals surface area contributed by atoms with Crippen molar-refractivity contribution in [3.05, 3.63) is 140 Å². The number of hydrogen-bond donors (Lipinski definition) is 0. The molecule has 5 heteroatoms. The van der Waals surface area contributed by atoms with Crippen LogP contribution in [0.1, 0.15) is 0 Å². The van der Waals surface area contributed by atoms with Crippen molar-refractivity contribution in [2.45, 2.75) is 19.6 Å². The van der Waals surface area contributed by atoms with Crippen LogP contribution in [-0.4, -0.2) is 28.0 Å². The van der Waals surface area contributed by atoms with Crippen LogP contribution in [0.4, 0.5) is 0 Å². The molecule has 44 heavy (non-hydrogen) atoms. The molecule has 0 bridgehead atoms. The molecule has 0 atom stereocenters. The Morgan fingerprint density at radius 2 is 1.00 bits per heavy atom. The van der Waals surface area contributed by atoms with Gasteiger partial charge in [0.15, 0.2) is 17.5 Å². The first-order valence-electron chi connectivity index (χ1n) is 14.9. The molecule has 2 aromatic heterocycles. The molecule has 0 amide bonds. The van der Waals surface area contributed by atoms with Gasteiger partial charge in [-0.2, -0.15) is 0 Å². The predicted octanol–water partition coefficient (Wildman–Crippen LogP) is 9.30. The average molecular weight is 585 g/mol. The van der Waals surface area contributed by atoms with Crippen LogP contribution in [0.3, 0.4) is 0 Å². The molecular formula is C39H32N4Si. The maximum Gasteiger partial charge on any atom is 0.164 e. The fourth-order valence-corrected chi connectivity index (χ4v) is 6.69. The lowest BCUT2D eigenvalue weighted by molar-refractivity contribution is 1.08. The van der Waals surface area contributed by atoms with Gasteiger partial charge in [0.05, 0.1) is 13.6 Å². The molecule has 0 saturated carbocycles. The molecule has 0 spiro atoms. The summed E-state index contributed by atoms with van der Waals surface area (Å²) >= 11 is 0. The molecule has 0 aliphatic heterocycles. The first-order chi connectivity index (χ1) is 21.4. The monoisotopic (exact) mass is 584 g/mol. The first kappa shape index (κ1) is 27.6. The Morgan fingerprint density at radius 3 is 1.70 bits per heavy atom. The van der Waals surface area contributed by atoms with Crippen molar-refractivity contribution in [3.63, 3.8) is 0 Å². The van der Waals surface area contributed by atoms with E-state index < -0.39 is 8.07 Å². The summed E-state index contributed by atoms with van der Waals surface area (Å²) in [4.78, 5) is 19.5. The number of rotatable bonds is 6. The molecule has 4 nitrogen and oxygen atoms in total. The van der Waals surface area contributed by atoms with Crippen molar-refractivity contribution >= 4 is 24.2 Å². The van der Waals surface area contributed by atoms with E-state index in [0.29, 0.717) is 17.5 Å². The van der Waals surface area contributed by atoms with E-state index in [1.54, 1.807) is 0 Å². The third kappa shape index (κ3) is 5.58. The highest BCUT2D eigenvalue weighted by Crippen LogP contribution is 2.32. The average Bonchev–Trinajstić information content (AvgIpc) is 3.08. The Morgan fingerprint density at radius 1 is 0.432 bits per heavy atom. The SMILES string of the molecule is C[Si](C)(C)c1ccc(-c2cccc(-c3cccc(-c4nc(-c5ccccc5)nc(-c5cccc6ncccc56)n4)c3)c2)cc1. The van der Waals surface area contributed by atoms with Crippen LogP contribution in [0.15, 0.2) is 140 Å². The smallest absolute Gasteiger partial charge is 0.164 e. The zero-order valence-corrected chi connectivity index (χ0v) is 26.1. The van der Waals surface area contributed by atoms with Gasteiger partial charge < -0.3 is 0 Å². The van der Waals surface area contributed by atoms with E-state index in [4.69, 9.17) is 15.0 Å². The topological polar surface area (TPSA) is 51.6 Å². The number of fused-ring (bicyclic) bond motifs is 1. The van der Waals surface area contributed by atoms with E-state index in [-0.39, 0.29) is 0 Å². The van der Waals surface area contributed by atoms with Gasteiger partial charge in [0, 0.05) is 28.3 Å². The van der Waals surface area contributed by atoms with Crippen molar-refractivity contribution in [3.8, 4) is 56.4 Å². The molecule has 0 unspecified atom stereocenters. The van der Waals surface area contributed by atoms with Gasteiger partial charge in [0.25, 0.3) is 0 Å². The van der Waals surface area contributed by atoms with Gasteiger partial charge in [0.1, 0.15) is 0 Å². The molecule has 7 aromatic rings. The maximum absolute atomic E-state index is 5.03. The maximum atomic E-state index is 5.03. The lowest BCUT2D eigenvalue weighted by atomic mass is 9.98. The van der Waals surface area contributed by atoms with Crippen LogP contribution in [0.25, 0.3) is 67.3 Å². The lowest BCUT2D eigenvalue weighted by Gasteiger charge is -2.17. The molecule has 2 heterocycles. The Bertz CT molecular complexity index is 2090. The van der Waals surface area contributed by atoms with Gasteiger partial charge in [-0.1, -0.05) is 134 Å². The quantitative estimate of drug-likeness (QED) is 0.183. The van der Waals surface area contributed by atoms with E-state index >= 15 is 0 Å². The third-order valence-corrected chi connectivity index (χ3v) is 10.0. The minimum absolute atomic E-state index is 0.626. The number of benzene rings is 5. The van der Waals surface area contributed by atoms with Crippen molar-refractivity contribution in [1.82, 2.24) is 19.9 Å². The Hall–Kier alpha value is -5.26. The molecular weight excluding hydrogens is 553 g/mol. The normalized spacial score (nSPS) is 11.5. The predicted molar refractivity (Wildman–Crippen MR) is 185 cm³/mol. The minimum atomic E-state index is -1.34. The summed E-state index contributed by atoms with van der Waals surface area (Å²) in [6.07, 6.45) is 1.81. The molecule has 0 saturated heterocycles. The van der Waals surface area contributed by atoms with Gasteiger partial charge in [-0.05, 0) is 46.5 Å². The molecule has 0 aliphatic carbocycles. The fourth-order valence-electron chi connectivity index (χ4n) is 5.52. The van der Waals surface area contributed by atoms with Crippen molar-refractivity contribution in [2.24, 2.45) is 0 Å². The Balaban J connectivity index is 1.31. The zero-order chi connectivity index (χ0) is 30.1. The second-order valence-corrected chi connectivity index (χ2v) is 17.1. The molecule has 0 fully saturated rings. The largest absolute Gasteiger partial charge is 0.256 e. The third-order valence-electron chi connectivity index (χ3n) is 7.95. The van der Waals surface area contributed by atoms with Gasteiger partial charge in [-0.25, -0.2) is 15.0 Å². The summed E-state index contributed by atoms with van der Waals surface area (Å²) in [6.45, 7) is 7.15.